The van der Waals surface area contributed by atoms with Gasteiger partial charge in [-0.15, -0.1) is 18.5 Å². The van der Waals surface area contributed by atoms with E-state index in [-0.39, 0.29) is 45.0 Å². The van der Waals surface area contributed by atoms with E-state index in [1.54, 1.807) is 18.3 Å². The molecule has 17 aromatic heterocycles. The second kappa shape index (κ2) is 29.9. The van der Waals surface area contributed by atoms with Crippen LogP contribution in [0.25, 0.3) is 79.1 Å². The molecule has 2 aliphatic carbocycles. The third-order valence-electron chi connectivity index (χ3n) is 25.8. The second-order valence-electron chi connectivity index (χ2n) is 33.0. The number of rotatable bonds is 3. The Bertz CT molecular complexity index is 6940. The number of halogens is 2. The molecule has 6 aliphatic heterocycles. The summed E-state index contributed by atoms with van der Waals surface area (Å²) in [7, 11) is 9.75. The minimum atomic E-state index is -0.990. The zero-order chi connectivity index (χ0) is 84.7. The topological polar surface area (TPSA) is 252 Å². The number of carboxylic acids is 1. The van der Waals surface area contributed by atoms with Crippen LogP contribution in [0.1, 0.15) is 120 Å². The van der Waals surface area contributed by atoms with E-state index in [0.29, 0.717) is 5.92 Å². The first-order valence-electron chi connectivity index (χ1n) is 40.6. The molecule has 1 aromatic carbocycles. The molecule has 23 heterocycles. The van der Waals surface area contributed by atoms with Gasteiger partial charge in [0, 0.05) is 154 Å². The molecule has 29 nitrogen and oxygen atoms in total. The average molecular weight is 2070 g/mol. The van der Waals surface area contributed by atoms with Crippen LogP contribution in [-0.4, -0.2) is 94.1 Å². The largest absolute Gasteiger partial charge is 0 e. The molecule has 18 aromatic rings. The number of nitrogens with zero attached hydrogens (tertiary/aromatic N) is 27. The van der Waals surface area contributed by atoms with Crippen LogP contribution in [0.15, 0.2) is 262 Å². The Morgan fingerprint density at radius 2 is 0.960 bits per heavy atom. The fraction of sp³-hybridized carbons (Fsp3) is 0.239. The number of aromatic carboxylic acids is 1. The Morgan fingerprint density at radius 3 is 1.47 bits per heavy atom. The zero-order valence-corrected chi connectivity index (χ0v) is 75.7. The molecule has 2 atom stereocenters. The van der Waals surface area contributed by atoms with Gasteiger partial charge in [-0.2, -0.15) is 20.4 Å². The van der Waals surface area contributed by atoms with Crippen molar-refractivity contribution in [2.75, 3.05) is 0 Å². The molecule has 2 bridgehead atoms. The van der Waals surface area contributed by atoms with Crippen molar-refractivity contribution >= 4 is 35.6 Å². The summed E-state index contributed by atoms with van der Waals surface area (Å²) in [6, 6.07) is 65.7. The van der Waals surface area contributed by atoms with Gasteiger partial charge in [0.25, 0.3) is 0 Å². The molecular formula is C92H89Cl2N27O2Pt2+6. The zero-order valence-electron chi connectivity index (χ0n) is 69.6. The normalized spacial score (nSPS) is 16.8. The molecule has 8 aliphatic rings. The van der Waals surface area contributed by atoms with Crippen molar-refractivity contribution in [1.29, 1.82) is 0 Å². The van der Waals surface area contributed by atoms with Crippen molar-refractivity contribution in [2.45, 2.75) is 138 Å². The van der Waals surface area contributed by atoms with E-state index in [4.69, 9.17) is 44.3 Å². The van der Waals surface area contributed by atoms with Crippen molar-refractivity contribution in [3.63, 3.8) is 0 Å². The molecule has 4 spiro atoms. The fourth-order valence-corrected chi connectivity index (χ4v) is 20.8. The number of benzene rings is 1. The number of hydrogen-bond donors (Lipinski definition) is 1. The fourth-order valence-electron chi connectivity index (χ4n) is 20.8. The number of aromatic nitrogens is 27. The van der Waals surface area contributed by atoms with Crippen LogP contribution in [0.5, 0.6) is 0 Å². The van der Waals surface area contributed by atoms with Crippen LogP contribution < -0.4 is 47.2 Å². The Balaban J connectivity index is 0.000000110. The van der Waals surface area contributed by atoms with Crippen molar-refractivity contribution in [3.8, 4) is 68.3 Å². The molecular weight excluding hydrogens is 1980 g/mol. The molecule has 26 rings (SSSR count). The quantitative estimate of drug-likeness (QED) is 0.162. The molecule has 0 radical (unpaired) electrons. The first-order chi connectivity index (χ1) is 59.6. The molecule has 1 N–H and O–H groups in total. The van der Waals surface area contributed by atoms with Gasteiger partial charge in [0.1, 0.15) is 17.1 Å². The molecule has 33 heteroatoms. The number of hydrogen-bond acceptors (Lipinski definition) is 10. The summed E-state index contributed by atoms with van der Waals surface area (Å²) in [5.74, 6) is -3.91. The van der Waals surface area contributed by atoms with Crippen LogP contribution in [-0.2, 0) is 66.6 Å². The maximum absolute atomic E-state index is 10.1. The third-order valence-corrected chi connectivity index (χ3v) is 25.8. The van der Waals surface area contributed by atoms with Gasteiger partial charge in [0.2, 0.25) is 46.6 Å². The Morgan fingerprint density at radius 1 is 0.488 bits per heavy atom. The summed E-state index contributed by atoms with van der Waals surface area (Å²) < 4.78 is 36.6. The standard InChI is InChI=1S/C30H30N10.C26H22N10.C20H20N3.C9H8N3.C6H5NO2.CH4.2ClH.2Pt/c1-19-15-27-25-11-7-9-13-33(25)29(35(27)31-19)37-21(3)17-23(5)39(37)30(40-24(6)18-22(4)38(29)40)34-14-10-8-12-26(34)28-16-20(2)32-36(28)30;1-19-17-23-21-9-3-5-11-29(21)25(35(23)27-19)31-13-7-15-33(31)26(34-16-8-14-32(25)34)30-12-6-4-10-22(30)24-18-20(2)28-36(24)26;1-19(2)14-8-10-20(19,3)18-15(14)17(22-23-18)16-13-7-5-4-6-12(13)9-11-21-16;1-7-6-9(12-11-7)8-4-2-3-5-10-8;8-6(9)5-3-1-2-4-7-5;;;;;/h7-18H,1-6H3;3-18H,1-2H3;4-7,9,11,14H,8,10H2,1-3H3;2-6H,1H3;1-4H,(H,8,9);1H4;2*1H;;/q2*+4;2*-1;;;;;;+2/p-2. The monoisotopic (exact) mass is 2060 g/mol. The predicted molar refractivity (Wildman–Crippen MR) is 451 cm³/mol. The molecule has 632 valence electrons. The third kappa shape index (κ3) is 11.1. The van der Waals surface area contributed by atoms with Gasteiger partial charge in [-0.25, -0.2) is 9.78 Å². The van der Waals surface area contributed by atoms with E-state index in [1.807, 2.05) is 51.2 Å². The Labute approximate surface area is 750 Å². The van der Waals surface area contributed by atoms with Crippen molar-refractivity contribution in [3.05, 3.63) is 330 Å². The minimum absolute atomic E-state index is 0. The summed E-state index contributed by atoms with van der Waals surface area (Å²) in [5, 5.41) is 48.3. The molecule has 0 amide bonds. The summed E-state index contributed by atoms with van der Waals surface area (Å²) >= 11 is -0.472. The van der Waals surface area contributed by atoms with E-state index in [9.17, 15) is 4.79 Å². The average Bonchev–Trinajstić information content (AvgIpc) is 1.51. The number of pyridine rings is 7. The SMILES string of the molecule is C.CC12CCC(c3c1n[n-]c3-c1nccc3ccccc13)C2(C)C.Cc1cc(-c2ccccn2)[n-]n1.Cc1cc2n(n1)C1(n3c(C)cc(C)[n+]3C3(n4nc(C)cc4-c4cccc[n+]43)[n+]3c(C)cc(C)n31)[n+]1ccccc1-2.Cc1cc2n(n1)C1(n3ccc[n+]3C3(n4nc(C)cc4-c4cccc[n+]43)[n+]3cccn31)[n+]1ccccc1-2.O=C(O)c1ccccn1.[Cl][Pt][Cl].[Pt]. The predicted octanol–water partition coefficient (Wildman–Crippen LogP) is 10.2. The van der Waals surface area contributed by atoms with Gasteiger partial charge >= 0.3 is 64.9 Å². The van der Waals surface area contributed by atoms with Crippen molar-refractivity contribution in [2.24, 2.45) is 5.41 Å². The maximum Gasteiger partial charge on any atom is 0 e. The first kappa shape index (κ1) is 81.7. The molecule has 125 heavy (non-hydrogen) atoms. The van der Waals surface area contributed by atoms with E-state index in [0.717, 1.165) is 120 Å². The molecule has 1 saturated carbocycles. The molecule has 2 unspecified atom stereocenters. The number of fused-ring (bicyclic) bond motifs is 38. The summed E-state index contributed by atoms with van der Waals surface area (Å²) in [4.78, 5) is 22.6. The molecule has 1 fully saturated rings. The van der Waals surface area contributed by atoms with E-state index < -0.39 is 46.1 Å². The van der Waals surface area contributed by atoms with Crippen LogP contribution in [0.4, 0.5) is 0 Å². The minimum Gasteiger partial charge on any atom is 0 e. The maximum atomic E-state index is 10.1. The van der Waals surface area contributed by atoms with Crippen molar-refractivity contribution < 1.29 is 84.4 Å². The summed E-state index contributed by atoms with van der Waals surface area (Å²) in [6.07, 6.45) is 24.6. The van der Waals surface area contributed by atoms with Gasteiger partial charge in [0.15, 0.2) is 36.2 Å². The van der Waals surface area contributed by atoms with E-state index >= 15 is 0 Å². The number of carbonyl (C=O) groups is 1. The van der Waals surface area contributed by atoms with E-state index in [2.05, 4.69) is 373 Å². The molecule has 0 saturated heterocycles. The Hall–Kier alpha value is -12.9. The van der Waals surface area contributed by atoms with Crippen LogP contribution in [0.3, 0.4) is 0 Å². The van der Waals surface area contributed by atoms with Crippen molar-refractivity contribution in [1.82, 2.24) is 93.2 Å². The Kier molecular flexibility index (Phi) is 19.6. The summed E-state index contributed by atoms with van der Waals surface area (Å²) in [5.41, 5.74) is 24.9. The van der Waals surface area contributed by atoms with E-state index in [1.165, 1.54) is 47.1 Å². The van der Waals surface area contributed by atoms with Gasteiger partial charge in [-0.05, 0) is 190 Å². The first-order valence-corrected chi connectivity index (χ1v) is 46.3. The van der Waals surface area contributed by atoms with Gasteiger partial charge in [0.05, 0.1) is 71.0 Å². The van der Waals surface area contributed by atoms with Crippen LogP contribution >= 0.6 is 18.8 Å². The smallest absolute Gasteiger partial charge is 0 e. The van der Waals surface area contributed by atoms with Crippen LogP contribution in [0, 0.1) is 67.7 Å². The summed E-state index contributed by atoms with van der Waals surface area (Å²) in [6.45, 7) is 26.1. The van der Waals surface area contributed by atoms with Gasteiger partial charge in [-0.3, -0.25) is 9.97 Å². The number of carboxylic acid groups (broad SMARTS) is 1. The van der Waals surface area contributed by atoms with Crippen LogP contribution in [0.2, 0.25) is 0 Å². The number of aryl methyl sites for hydroxylation is 9. The second-order valence-corrected chi connectivity index (χ2v) is 36.3. The van der Waals surface area contributed by atoms with Gasteiger partial charge in [-0.1, -0.05) is 91.4 Å². The van der Waals surface area contributed by atoms with Gasteiger partial charge < -0.3 is 25.5 Å².